The van der Waals surface area contributed by atoms with Crippen LogP contribution in [0.25, 0.3) is 0 Å². The molecule has 1 unspecified atom stereocenters. The standard InChI is InChI=1S/C27H23N2O4PS/c30-18-28-23-25(31)29-24(27(32)33)19(17-35-26(23)29)16-34(20-10-4-1-5-11-20,21-12-6-2-7-13-21)22-14-8-3-9-15-22/h1-16,18,23,26H,17H2,(H,28,30)(H,32,33)/t23?,26-/m0/s1. The molecule has 3 aromatic rings. The summed E-state index contributed by atoms with van der Waals surface area (Å²) in [7, 11) is 0. The predicted molar refractivity (Wildman–Crippen MR) is 142 cm³/mol. The van der Waals surface area contributed by atoms with E-state index in [0.29, 0.717) is 17.7 Å². The number of hydrogen-bond donors (Lipinski definition) is 2. The number of carbonyl (C=O) groups is 3. The maximum absolute atomic E-state index is 12.8. The van der Waals surface area contributed by atoms with Gasteiger partial charge in [-0.25, -0.2) is 4.79 Å². The highest BCUT2D eigenvalue weighted by Crippen LogP contribution is 2.47. The number of fused-ring (bicyclic) bond motifs is 1. The molecule has 2 amide bonds. The molecule has 0 spiro atoms. The SMILES string of the molecule is O=CNC1C(=O)N2C(C(=O)O)=C(C=P(c3ccccc3)(c3ccccc3)c3ccccc3)CS[C@@H]12. The van der Waals surface area contributed by atoms with Gasteiger partial charge in [-0.2, -0.15) is 0 Å². The average Bonchev–Trinajstić information content (AvgIpc) is 2.91. The molecular formula is C27H23N2O4PS. The lowest BCUT2D eigenvalue weighted by Gasteiger charge is -2.49. The number of hydrogen-bond acceptors (Lipinski definition) is 4. The van der Waals surface area contributed by atoms with Gasteiger partial charge in [0.2, 0.25) is 6.41 Å². The predicted octanol–water partition coefficient (Wildman–Crippen LogP) is 2.15. The molecule has 2 heterocycles. The smallest absolute Gasteiger partial charge is 0.352 e. The fraction of sp³-hybridized carbons (Fsp3) is 0.111. The van der Waals surface area contributed by atoms with Crippen molar-refractivity contribution in [2.75, 3.05) is 5.75 Å². The third-order valence-electron chi connectivity index (χ3n) is 6.29. The maximum atomic E-state index is 12.8. The number of rotatable bonds is 7. The summed E-state index contributed by atoms with van der Waals surface area (Å²) < 4.78 is 0. The van der Waals surface area contributed by atoms with E-state index in [0.717, 1.165) is 15.9 Å². The normalized spacial score (nSPS) is 19.4. The van der Waals surface area contributed by atoms with Gasteiger partial charge in [-0.15, -0.1) is 11.8 Å². The molecule has 1 saturated heterocycles. The Labute approximate surface area is 207 Å². The van der Waals surface area contributed by atoms with Gasteiger partial charge in [0.25, 0.3) is 5.91 Å². The summed E-state index contributed by atoms with van der Waals surface area (Å²) in [5, 5.41) is 15.6. The monoisotopic (exact) mass is 502 g/mol. The Kier molecular flexibility index (Phi) is 6.37. The van der Waals surface area contributed by atoms with E-state index in [2.05, 4.69) is 47.5 Å². The van der Waals surface area contributed by atoms with Crippen LogP contribution in [0.2, 0.25) is 0 Å². The first-order chi connectivity index (χ1) is 17.1. The quantitative estimate of drug-likeness (QED) is 0.294. The fourth-order valence-electron chi connectivity index (χ4n) is 4.73. The van der Waals surface area contributed by atoms with Crippen molar-refractivity contribution >= 4 is 58.6 Å². The minimum Gasteiger partial charge on any atom is -0.477 e. The van der Waals surface area contributed by atoms with Crippen molar-refractivity contribution in [2.24, 2.45) is 0 Å². The van der Waals surface area contributed by atoms with Crippen LogP contribution < -0.4 is 21.2 Å². The van der Waals surface area contributed by atoms with Crippen molar-refractivity contribution in [3.8, 4) is 0 Å². The molecule has 5 rings (SSSR count). The lowest BCUT2D eigenvalue weighted by atomic mass is 10.0. The van der Waals surface area contributed by atoms with Gasteiger partial charge in [0.15, 0.2) is 0 Å². The van der Waals surface area contributed by atoms with Gasteiger partial charge in [0.1, 0.15) is 17.1 Å². The van der Waals surface area contributed by atoms with Crippen molar-refractivity contribution in [3.05, 3.63) is 102 Å². The Bertz CT molecular complexity index is 1260. The highest BCUT2D eigenvalue weighted by molar-refractivity contribution is 8.00. The largest absolute Gasteiger partial charge is 0.477 e. The van der Waals surface area contributed by atoms with E-state index in [-0.39, 0.29) is 5.70 Å². The molecule has 8 heteroatoms. The van der Waals surface area contributed by atoms with Crippen molar-refractivity contribution < 1.29 is 19.5 Å². The van der Waals surface area contributed by atoms with Crippen LogP contribution in [0, 0.1) is 0 Å². The second kappa shape index (κ2) is 9.61. The number of amides is 2. The van der Waals surface area contributed by atoms with E-state index in [1.165, 1.54) is 16.7 Å². The molecule has 0 radical (unpaired) electrons. The van der Waals surface area contributed by atoms with Crippen LogP contribution in [0.4, 0.5) is 0 Å². The Hall–Kier alpha value is -3.54. The Morgan fingerprint density at radius 1 is 0.914 bits per heavy atom. The second-order valence-electron chi connectivity index (χ2n) is 8.21. The average molecular weight is 503 g/mol. The van der Waals surface area contributed by atoms with Crippen molar-refractivity contribution in [2.45, 2.75) is 11.4 Å². The Morgan fingerprint density at radius 2 is 1.40 bits per heavy atom. The number of benzene rings is 3. The molecule has 35 heavy (non-hydrogen) atoms. The summed E-state index contributed by atoms with van der Waals surface area (Å²) in [6.07, 6.45) is 0.489. The third kappa shape index (κ3) is 3.91. The van der Waals surface area contributed by atoms with E-state index in [1.807, 2.05) is 54.6 Å². The molecule has 0 saturated carbocycles. The van der Waals surface area contributed by atoms with E-state index in [1.54, 1.807) is 0 Å². The van der Waals surface area contributed by atoms with Gasteiger partial charge in [-0.05, 0) is 34.2 Å². The van der Waals surface area contributed by atoms with E-state index < -0.39 is 30.2 Å². The lowest BCUT2D eigenvalue weighted by Crippen LogP contribution is -2.69. The number of carboxylic acid groups (broad SMARTS) is 1. The molecule has 0 aromatic heterocycles. The second-order valence-corrected chi connectivity index (χ2v) is 12.6. The number of nitrogens with one attached hydrogen (secondary N) is 1. The maximum Gasteiger partial charge on any atom is 0.352 e. The molecule has 2 aliphatic heterocycles. The third-order valence-corrected chi connectivity index (χ3v) is 11.6. The minimum absolute atomic E-state index is 0.00475. The molecule has 0 aliphatic carbocycles. The molecule has 0 bridgehead atoms. The van der Waals surface area contributed by atoms with Crippen LogP contribution in [-0.4, -0.2) is 51.3 Å². The number of carboxylic acids is 1. The van der Waals surface area contributed by atoms with Crippen LogP contribution in [0.1, 0.15) is 0 Å². The number of nitrogens with zero attached hydrogens (tertiary/aromatic N) is 1. The Morgan fingerprint density at radius 3 is 1.83 bits per heavy atom. The molecule has 1 fully saturated rings. The lowest BCUT2D eigenvalue weighted by molar-refractivity contribution is -0.149. The van der Waals surface area contributed by atoms with Crippen LogP contribution in [0.3, 0.4) is 0 Å². The molecule has 2 atom stereocenters. The van der Waals surface area contributed by atoms with Gasteiger partial charge < -0.3 is 10.4 Å². The summed E-state index contributed by atoms with van der Waals surface area (Å²) >= 11 is 1.47. The summed E-state index contributed by atoms with van der Waals surface area (Å²) in [4.78, 5) is 37.6. The first-order valence-electron chi connectivity index (χ1n) is 11.1. The Balaban J connectivity index is 1.82. The van der Waals surface area contributed by atoms with Gasteiger partial charge in [-0.3, -0.25) is 14.5 Å². The molecule has 176 valence electrons. The zero-order valence-electron chi connectivity index (χ0n) is 18.7. The molecule has 2 aliphatic rings. The number of thioether (sulfide) groups is 1. The first kappa shape index (κ1) is 23.2. The molecule has 2 N–H and O–H groups in total. The van der Waals surface area contributed by atoms with Gasteiger partial charge in [0.05, 0.1) is 0 Å². The summed E-state index contributed by atoms with van der Waals surface area (Å²) in [5.41, 5.74) is 0.608. The van der Waals surface area contributed by atoms with Crippen LogP contribution >= 0.6 is 18.6 Å². The van der Waals surface area contributed by atoms with E-state index >= 15 is 0 Å². The number of carbonyl (C=O) groups excluding carboxylic acids is 2. The number of aliphatic carboxylic acids is 1. The molecule has 6 nitrogen and oxygen atoms in total. The van der Waals surface area contributed by atoms with Crippen molar-refractivity contribution in [3.63, 3.8) is 0 Å². The fourth-order valence-corrected chi connectivity index (χ4v) is 10.1. The van der Waals surface area contributed by atoms with Gasteiger partial charge in [-0.1, -0.05) is 91.0 Å². The van der Waals surface area contributed by atoms with E-state index in [4.69, 9.17) is 0 Å². The van der Waals surface area contributed by atoms with Gasteiger partial charge in [0, 0.05) is 5.75 Å². The molecule has 3 aromatic carbocycles. The molecular weight excluding hydrogens is 479 g/mol. The van der Waals surface area contributed by atoms with Crippen LogP contribution in [0.15, 0.2) is 102 Å². The van der Waals surface area contributed by atoms with E-state index in [9.17, 15) is 19.5 Å². The van der Waals surface area contributed by atoms with Crippen LogP contribution in [0.5, 0.6) is 0 Å². The highest BCUT2D eigenvalue weighted by atomic mass is 32.2. The van der Waals surface area contributed by atoms with Crippen LogP contribution in [-0.2, 0) is 14.4 Å². The summed E-state index contributed by atoms with van der Waals surface area (Å²) in [6, 6.07) is 29.7. The first-order valence-corrected chi connectivity index (χ1v) is 14.0. The number of β-lactam (4-membered cyclic amide) rings is 1. The van der Waals surface area contributed by atoms with Crippen molar-refractivity contribution in [1.82, 2.24) is 10.2 Å². The van der Waals surface area contributed by atoms with Crippen molar-refractivity contribution in [1.29, 1.82) is 0 Å². The highest BCUT2D eigenvalue weighted by Gasteiger charge is 2.53. The zero-order valence-corrected chi connectivity index (χ0v) is 20.4. The summed E-state index contributed by atoms with van der Waals surface area (Å²) in [5.74, 6) is 0.974. The summed E-state index contributed by atoms with van der Waals surface area (Å²) in [6.45, 7) is -2.44. The van der Waals surface area contributed by atoms with Gasteiger partial charge >= 0.3 is 5.97 Å². The minimum atomic E-state index is -2.44. The zero-order chi connectivity index (χ0) is 24.4. The topological polar surface area (TPSA) is 86.7 Å².